The molecule has 6 heteroatoms. The number of hydrogen-bond acceptors (Lipinski definition) is 5. The maximum atomic E-state index is 12.3. The molecule has 2 heterocycles. The number of nitrogens with one attached hydrogen (secondary N) is 1. The number of aromatic nitrogens is 2. The topological polar surface area (TPSA) is 67.4 Å². The van der Waals surface area contributed by atoms with Crippen molar-refractivity contribution < 1.29 is 9.53 Å². The van der Waals surface area contributed by atoms with Crippen molar-refractivity contribution in [2.75, 3.05) is 31.6 Å². The molecule has 0 aliphatic carbocycles. The molecule has 2 aromatic rings. The summed E-state index contributed by atoms with van der Waals surface area (Å²) >= 11 is 0. The first-order chi connectivity index (χ1) is 11.6. The predicted molar refractivity (Wildman–Crippen MR) is 92.6 cm³/mol. The Morgan fingerprint density at radius 2 is 1.79 bits per heavy atom. The minimum Gasteiger partial charge on any atom is -0.378 e. The highest BCUT2D eigenvalue weighted by Crippen LogP contribution is 2.19. The highest BCUT2D eigenvalue weighted by molar-refractivity contribution is 5.92. The molecule has 0 unspecified atom stereocenters. The molecule has 126 valence electrons. The maximum absolute atomic E-state index is 12.3. The summed E-state index contributed by atoms with van der Waals surface area (Å²) in [5.74, 6) is 1.02. The smallest absolute Gasteiger partial charge is 0.274 e. The van der Waals surface area contributed by atoms with Gasteiger partial charge in [-0.3, -0.25) is 4.79 Å². The molecule has 1 aromatic heterocycles. The molecule has 1 fully saturated rings. The lowest BCUT2D eigenvalue weighted by molar-refractivity contribution is 0.0298. The Bertz CT molecular complexity index is 677. The number of morpholine rings is 1. The summed E-state index contributed by atoms with van der Waals surface area (Å²) in [7, 11) is 0. The lowest BCUT2D eigenvalue weighted by Gasteiger charge is -2.26. The number of carbonyl (C=O) groups excluding carboxylic acids is 1. The van der Waals surface area contributed by atoms with Crippen molar-refractivity contribution in [1.29, 1.82) is 0 Å². The normalized spacial score (nSPS) is 14.7. The number of hydrogen-bond donors (Lipinski definition) is 1. The van der Waals surface area contributed by atoms with Crippen LogP contribution in [0, 0.1) is 0 Å². The fourth-order valence-electron chi connectivity index (χ4n) is 2.54. The van der Waals surface area contributed by atoms with E-state index in [0.717, 1.165) is 5.69 Å². The minimum atomic E-state index is -0.0985. The second-order valence-corrected chi connectivity index (χ2v) is 6.11. The molecule has 0 spiro atoms. The lowest BCUT2D eigenvalue weighted by Crippen LogP contribution is -2.41. The molecule has 3 rings (SSSR count). The molecule has 1 N–H and O–H groups in total. The van der Waals surface area contributed by atoms with Gasteiger partial charge in [-0.15, -0.1) is 10.2 Å². The third-order valence-corrected chi connectivity index (χ3v) is 4.03. The number of nitrogens with zero attached hydrogens (tertiary/aromatic N) is 3. The van der Waals surface area contributed by atoms with Crippen LogP contribution in [0.4, 0.5) is 11.5 Å². The molecule has 0 radical (unpaired) electrons. The van der Waals surface area contributed by atoms with Crippen LogP contribution < -0.4 is 5.32 Å². The van der Waals surface area contributed by atoms with Crippen molar-refractivity contribution >= 4 is 17.4 Å². The van der Waals surface area contributed by atoms with E-state index in [0.29, 0.717) is 43.7 Å². The first-order valence-electron chi connectivity index (χ1n) is 8.21. The van der Waals surface area contributed by atoms with E-state index >= 15 is 0 Å². The Hall–Kier alpha value is -2.47. The van der Waals surface area contributed by atoms with Crippen LogP contribution in [0.15, 0.2) is 36.4 Å². The van der Waals surface area contributed by atoms with E-state index in [-0.39, 0.29) is 5.91 Å². The summed E-state index contributed by atoms with van der Waals surface area (Å²) in [4.78, 5) is 14.1. The van der Waals surface area contributed by atoms with Crippen LogP contribution >= 0.6 is 0 Å². The minimum absolute atomic E-state index is 0.0985. The van der Waals surface area contributed by atoms with Crippen molar-refractivity contribution in [3.8, 4) is 0 Å². The van der Waals surface area contributed by atoms with Crippen LogP contribution in [0.1, 0.15) is 35.8 Å². The van der Waals surface area contributed by atoms with Gasteiger partial charge < -0.3 is 15.0 Å². The average Bonchev–Trinajstić information content (AvgIpc) is 2.63. The van der Waals surface area contributed by atoms with Gasteiger partial charge in [-0.1, -0.05) is 26.0 Å². The van der Waals surface area contributed by atoms with Crippen molar-refractivity contribution in [3.63, 3.8) is 0 Å². The molecule has 6 nitrogen and oxygen atoms in total. The van der Waals surface area contributed by atoms with Gasteiger partial charge in [0, 0.05) is 18.8 Å². The van der Waals surface area contributed by atoms with Crippen LogP contribution in [-0.4, -0.2) is 47.3 Å². The second kappa shape index (κ2) is 7.40. The lowest BCUT2D eigenvalue weighted by atomic mass is 10.0. The molecule has 24 heavy (non-hydrogen) atoms. The van der Waals surface area contributed by atoms with Crippen molar-refractivity contribution in [1.82, 2.24) is 15.1 Å². The molecular weight excluding hydrogens is 304 g/mol. The summed E-state index contributed by atoms with van der Waals surface area (Å²) < 4.78 is 5.25. The van der Waals surface area contributed by atoms with Gasteiger partial charge in [-0.05, 0) is 35.7 Å². The Balaban J connectivity index is 1.64. The molecule has 0 atom stereocenters. The molecule has 1 aliphatic heterocycles. The predicted octanol–water partition coefficient (Wildman–Crippen LogP) is 2.82. The van der Waals surface area contributed by atoms with E-state index in [4.69, 9.17) is 4.74 Å². The summed E-state index contributed by atoms with van der Waals surface area (Å²) in [6.07, 6.45) is 0. The van der Waals surface area contributed by atoms with Gasteiger partial charge in [0.15, 0.2) is 11.5 Å². The summed E-state index contributed by atoms with van der Waals surface area (Å²) in [5.41, 5.74) is 2.59. The molecule has 1 saturated heterocycles. The van der Waals surface area contributed by atoms with Crippen LogP contribution in [-0.2, 0) is 4.74 Å². The van der Waals surface area contributed by atoms with Crippen LogP contribution in [0.25, 0.3) is 0 Å². The highest BCUT2D eigenvalue weighted by atomic mass is 16.5. The Kier molecular flexibility index (Phi) is 5.05. The van der Waals surface area contributed by atoms with E-state index in [1.54, 1.807) is 17.0 Å². The van der Waals surface area contributed by atoms with Crippen molar-refractivity contribution in [3.05, 3.63) is 47.7 Å². The molecule has 1 aliphatic rings. The Labute approximate surface area is 141 Å². The van der Waals surface area contributed by atoms with Crippen LogP contribution in [0.3, 0.4) is 0 Å². The van der Waals surface area contributed by atoms with E-state index in [1.165, 1.54) is 5.56 Å². The van der Waals surface area contributed by atoms with Gasteiger partial charge in [0.2, 0.25) is 0 Å². The number of carbonyl (C=O) groups is 1. The molecule has 1 amide bonds. The first-order valence-corrected chi connectivity index (χ1v) is 8.21. The van der Waals surface area contributed by atoms with Crippen LogP contribution in [0.2, 0.25) is 0 Å². The number of benzene rings is 1. The highest BCUT2D eigenvalue weighted by Gasteiger charge is 2.19. The third kappa shape index (κ3) is 3.89. The molecule has 1 aromatic carbocycles. The van der Waals surface area contributed by atoms with Crippen LogP contribution in [0.5, 0.6) is 0 Å². The van der Waals surface area contributed by atoms with Gasteiger partial charge in [0.1, 0.15) is 0 Å². The van der Waals surface area contributed by atoms with Gasteiger partial charge in [0.05, 0.1) is 13.2 Å². The standard InChI is InChI=1S/C18H22N4O2/c1-13(2)14-3-5-15(6-4-14)19-17-8-7-16(20-21-17)18(23)22-9-11-24-12-10-22/h3-8,13H,9-12H2,1-2H3,(H,19,21). The average molecular weight is 326 g/mol. The van der Waals surface area contributed by atoms with E-state index in [1.807, 2.05) is 12.1 Å². The second-order valence-electron chi connectivity index (χ2n) is 6.11. The zero-order chi connectivity index (χ0) is 16.9. The fraction of sp³-hybridized carbons (Fsp3) is 0.389. The zero-order valence-corrected chi connectivity index (χ0v) is 14.0. The maximum Gasteiger partial charge on any atom is 0.274 e. The summed E-state index contributed by atoms with van der Waals surface area (Å²) in [6.45, 7) is 6.68. The van der Waals surface area contributed by atoms with Crippen molar-refractivity contribution in [2.24, 2.45) is 0 Å². The Morgan fingerprint density at radius 3 is 2.38 bits per heavy atom. The molecular formula is C18H22N4O2. The number of amides is 1. The SMILES string of the molecule is CC(C)c1ccc(Nc2ccc(C(=O)N3CCOCC3)nn2)cc1. The number of anilines is 2. The van der Waals surface area contributed by atoms with Gasteiger partial charge >= 0.3 is 0 Å². The zero-order valence-electron chi connectivity index (χ0n) is 14.0. The third-order valence-electron chi connectivity index (χ3n) is 4.03. The largest absolute Gasteiger partial charge is 0.378 e. The number of ether oxygens (including phenoxy) is 1. The van der Waals surface area contributed by atoms with Crippen molar-refractivity contribution in [2.45, 2.75) is 19.8 Å². The monoisotopic (exact) mass is 326 g/mol. The fourth-order valence-corrected chi connectivity index (χ4v) is 2.54. The van der Waals surface area contributed by atoms with E-state index in [2.05, 4.69) is 41.5 Å². The summed E-state index contributed by atoms with van der Waals surface area (Å²) in [6, 6.07) is 11.7. The van der Waals surface area contributed by atoms with Gasteiger partial charge in [-0.25, -0.2) is 0 Å². The quantitative estimate of drug-likeness (QED) is 0.936. The summed E-state index contributed by atoms with van der Waals surface area (Å²) in [5, 5.41) is 11.4. The van der Waals surface area contributed by atoms with E-state index in [9.17, 15) is 4.79 Å². The van der Waals surface area contributed by atoms with Gasteiger partial charge in [0.25, 0.3) is 5.91 Å². The van der Waals surface area contributed by atoms with Gasteiger partial charge in [-0.2, -0.15) is 0 Å². The molecule has 0 saturated carbocycles. The molecule has 0 bridgehead atoms. The number of rotatable bonds is 4. The Morgan fingerprint density at radius 1 is 1.08 bits per heavy atom. The van der Waals surface area contributed by atoms with E-state index < -0.39 is 0 Å². The first kappa shape index (κ1) is 16.4.